The van der Waals surface area contributed by atoms with Crippen LogP contribution in [-0.4, -0.2) is 49.5 Å². The predicted octanol–water partition coefficient (Wildman–Crippen LogP) is -1.14. The highest BCUT2D eigenvalue weighted by Crippen LogP contribution is 1.93. The van der Waals surface area contributed by atoms with Crippen LogP contribution < -0.4 is 10.6 Å². The molecule has 0 radical (unpaired) electrons. The van der Waals surface area contributed by atoms with Crippen LogP contribution in [-0.2, 0) is 9.53 Å². The highest BCUT2D eigenvalue weighted by atomic mass is 16.5. The standard InChI is InChI=1S/C9H18N2O3/c1-2-7(12)5-11-9(13)8-6-14-4-3-10-8/h7-8,10,12H,2-6H2,1H3,(H,11,13). The molecule has 1 rings (SSSR count). The fourth-order valence-corrected chi connectivity index (χ4v) is 1.22. The van der Waals surface area contributed by atoms with E-state index in [9.17, 15) is 9.90 Å². The van der Waals surface area contributed by atoms with Gasteiger partial charge in [0.15, 0.2) is 0 Å². The summed E-state index contributed by atoms with van der Waals surface area (Å²) in [5.41, 5.74) is 0. The van der Waals surface area contributed by atoms with E-state index in [1.54, 1.807) is 0 Å². The number of ether oxygens (including phenoxy) is 1. The van der Waals surface area contributed by atoms with E-state index in [1.165, 1.54) is 0 Å². The molecule has 1 aliphatic rings. The zero-order valence-electron chi connectivity index (χ0n) is 8.45. The van der Waals surface area contributed by atoms with E-state index in [2.05, 4.69) is 10.6 Å². The molecule has 0 spiro atoms. The molecule has 14 heavy (non-hydrogen) atoms. The minimum absolute atomic E-state index is 0.0998. The summed E-state index contributed by atoms with van der Waals surface area (Å²) in [6.45, 7) is 3.95. The average Bonchev–Trinajstić information content (AvgIpc) is 2.26. The van der Waals surface area contributed by atoms with Crippen molar-refractivity contribution >= 4 is 5.91 Å². The minimum atomic E-state index is -0.455. The zero-order chi connectivity index (χ0) is 10.4. The Morgan fingerprint density at radius 3 is 3.14 bits per heavy atom. The van der Waals surface area contributed by atoms with Crippen LogP contribution in [0.3, 0.4) is 0 Å². The molecular formula is C9H18N2O3. The molecular weight excluding hydrogens is 184 g/mol. The quantitative estimate of drug-likeness (QED) is 0.539. The first-order valence-electron chi connectivity index (χ1n) is 5.01. The Kier molecular flexibility index (Phi) is 4.86. The number of amides is 1. The molecule has 5 nitrogen and oxygen atoms in total. The Hall–Kier alpha value is -0.650. The lowest BCUT2D eigenvalue weighted by molar-refractivity contribution is -0.126. The van der Waals surface area contributed by atoms with Gasteiger partial charge in [0.1, 0.15) is 6.04 Å². The van der Waals surface area contributed by atoms with Crippen LogP contribution in [0.4, 0.5) is 0 Å². The Balaban J connectivity index is 2.19. The number of hydrogen-bond donors (Lipinski definition) is 3. The van der Waals surface area contributed by atoms with Gasteiger partial charge in [-0.2, -0.15) is 0 Å². The summed E-state index contributed by atoms with van der Waals surface area (Å²) < 4.78 is 5.15. The van der Waals surface area contributed by atoms with Crippen molar-refractivity contribution in [2.24, 2.45) is 0 Å². The largest absolute Gasteiger partial charge is 0.391 e. The van der Waals surface area contributed by atoms with Crippen LogP contribution in [0, 0.1) is 0 Å². The second-order valence-corrected chi connectivity index (χ2v) is 3.39. The smallest absolute Gasteiger partial charge is 0.239 e. The molecule has 1 fully saturated rings. The Morgan fingerprint density at radius 1 is 1.79 bits per heavy atom. The van der Waals surface area contributed by atoms with Crippen molar-refractivity contribution in [1.82, 2.24) is 10.6 Å². The van der Waals surface area contributed by atoms with Gasteiger partial charge in [-0.25, -0.2) is 0 Å². The van der Waals surface area contributed by atoms with Gasteiger partial charge in [0, 0.05) is 13.1 Å². The lowest BCUT2D eigenvalue weighted by Gasteiger charge is -2.23. The Bertz CT molecular complexity index is 181. The molecule has 0 aliphatic carbocycles. The molecule has 0 aromatic carbocycles. The SMILES string of the molecule is CCC(O)CNC(=O)C1COCCN1. The molecule has 82 valence electrons. The summed E-state index contributed by atoms with van der Waals surface area (Å²) in [5, 5.41) is 15.0. The summed E-state index contributed by atoms with van der Waals surface area (Å²) in [4.78, 5) is 11.5. The van der Waals surface area contributed by atoms with Gasteiger partial charge in [0.2, 0.25) is 5.91 Å². The first-order chi connectivity index (χ1) is 6.74. The molecule has 0 saturated carbocycles. The third kappa shape index (κ3) is 3.61. The predicted molar refractivity (Wildman–Crippen MR) is 51.9 cm³/mol. The maximum Gasteiger partial charge on any atom is 0.239 e. The van der Waals surface area contributed by atoms with Crippen LogP contribution in [0.15, 0.2) is 0 Å². The molecule has 0 aromatic rings. The number of rotatable bonds is 4. The van der Waals surface area contributed by atoms with Crippen molar-refractivity contribution in [2.45, 2.75) is 25.5 Å². The van der Waals surface area contributed by atoms with Crippen LogP contribution in [0.2, 0.25) is 0 Å². The maximum absolute atomic E-state index is 11.5. The Morgan fingerprint density at radius 2 is 2.57 bits per heavy atom. The first-order valence-corrected chi connectivity index (χ1v) is 5.01. The summed E-state index contributed by atoms with van der Waals surface area (Å²) in [6, 6.07) is -0.271. The molecule has 1 aliphatic heterocycles. The third-order valence-electron chi connectivity index (χ3n) is 2.22. The summed E-state index contributed by atoms with van der Waals surface area (Å²) in [5.74, 6) is -0.0998. The molecule has 0 aromatic heterocycles. The highest BCUT2D eigenvalue weighted by molar-refractivity contribution is 5.81. The number of morpholine rings is 1. The normalized spacial score (nSPS) is 24.3. The summed E-state index contributed by atoms with van der Waals surface area (Å²) >= 11 is 0. The van der Waals surface area contributed by atoms with E-state index < -0.39 is 6.10 Å². The average molecular weight is 202 g/mol. The van der Waals surface area contributed by atoms with Gasteiger partial charge in [0.25, 0.3) is 0 Å². The molecule has 2 unspecified atom stereocenters. The Labute approximate surface area is 83.8 Å². The third-order valence-corrected chi connectivity index (χ3v) is 2.22. The fourth-order valence-electron chi connectivity index (χ4n) is 1.22. The first kappa shape index (κ1) is 11.4. The van der Waals surface area contributed by atoms with Crippen molar-refractivity contribution in [1.29, 1.82) is 0 Å². The zero-order valence-corrected chi connectivity index (χ0v) is 8.45. The van der Waals surface area contributed by atoms with E-state index in [-0.39, 0.29) is 11.9 Å². The van der Waals surface area contributed by atoms with Gasteiger partial charge in [-0.15, -0.1) is 0 Å². The second-order valence-electron chi connectivity index (χ2n) is 3.39. The van der Waals surface area contributed by atoms with E-state index in [0.29, 0.717) is 32.7 Å². The molecule has 1 amide bonds. The van der Waals surface area contributed by atoms with Crippen LogP contribution in [0.5, 0.6) is 0 Å². The van der Waals surface area contributed by atoms with Gasteiger partial charge in [-0.3, -0.25) is 4.79 Å². The number of aliphatic hydroxyl groups is 1. The molecule has 2 atom stereocenters. The maximum atomic E-state index is 11.5. The number of carbonyl (C=O) groups is 1. The van der Waals surface area contributed by atoms with Gasteiger partial charge in [0.05, 0.1) is 19.3 Å². The molecule has 1 heterocycles. The van der Waals surface area contributed by atoms with Gasteiger partial charge in [-0.1, -0.05) is 6.92 Å². The van der Waals surface area contributed by atoms with Gasteiger partial charge >= 0.3 is 0 Å². The number of hydrogen-bond acceptors (Lipinski definition) is 4. The van der Waals surface area contributed by atoms with E-state index in [4.69, 9.17) is 4.74 Å². The highest BCUT2D eigenvalue weighted by Gasteiger charge is 2.20. The van der Waals surface area contributed by atoms with Crippen molar-refractivity contribution < 1.29 is 14.6 Å². The lowest BCUT2D eigenvalue weighted by Crippen LogP contribution is -2.52. The summed E-state index contributed by atoms with van der Waals surface area (Å²) in [7, 11) is 0. The number of aliphatic hydroxyl groups excluding tert-OH is 1. The molecule has 3 N–H and O–H groups in total. The lowest BCUT2D eigenvalue weighted by atomic mass is 10.2. The molecule has 1 saturated heterocycles. The van der Waals surface area contributed by atoms with Crippen LogP contribution in [0.1, 0.15) is 13.3 Å². The molecule has 5 heteroatoms. The second kappa shape index (κ2) is 5.95. The van der Waals surface area contributed by atoms with E-state index in [1.807, 2.05) is 6.92 Å². The molecule has 0 bridgehead atoms. The van der Waals surface area contributed by atoms with Crippen molar-refractivity contribution in [3.8, 4) is 0 Å². The van der Waals surface area contributed by atoms with Crippen LogP contribution in [0.25, 0.3) is 0 Å². The minimum Gasteiger partial charge on any atom is -0.391 e. The van der Waals surface area contributed by atoms with Crippen LogP contribution >= 0.6 is 0 Å². The fraction of sp³-hybridized carbons (Fsp3) is 0.889. The van der Waals surface area contributed by atoms with E-state index >= 15 is 0 Å². The van der Waals surface area contributed by atoms with Crippen molar-refractivity contribution in [3.63, 3.8) is 0 Å². The summed E-state index contributed by atoms with van der Waals surface area (Å²) in [6.07, 6.45) is 0.193. The van der Waals surface area contributed by atoms with Crippen molar-refractivity contribution in [3.05, 3.63) is 0 Å². The topological polar surface area (TPSA) is 70.6 Å². The monoisotopic (exact) mass is 202 g/mol. The van der Waals surface area contributed by atoms with Gasteiger partial charge in [-0.05, 0) is 6.42 Å². The van der Waals surface area contributed by atoms with E-state index in [0.717, 1.165) is 0 Å². The van der Waals surface area contributed by atoms with Gasteiger partial charge < -0.3 is 20.5 Å². The number of nitrogens with one attached hydrogen (secondary N) is 2. The number of carbonyl (C=O) groups excluding carboxylic acids is 1. The van der Waals surface area contributed by atoms with Crippen molar-refractivity contribution in [2.75, 3.05) is 26.3 Å².